The third kappa shape index (κ3) is 1.04. The number of ketones is 1. The summed E-state index contributed by atoms with van der Waals surface area (Å²) in [5.41, 5.74) is 1.26. The van der Waals surface area contributed by atoms with Gasteiger partial charge in [-0.25, -0.2) is 0 Å². The lowest BCUT2D eigenvalue weighted by molar-refractivity contribution is 0.0930. The molecule has 0 radical (unpaired) electrons. The molecule has 1 aliphatic rings. The Morgan fingerprint density at radius 2 is 2.25 bits per heavy atom. The first-order valence-electron chi connectivity index (χ1n) is 3.69. The van der Waals surface area contributed by atoms with Crippen LogP contribution in [0.15, 0.2) is 18.2 Å². The Morgan fingerprint density at radius 3 is 3.00 bits per heavy atom. The van der Waals surface area contributed by atoms with E-state index >= 15 is 0 Å². The van der Waals surface area contributed by atoms with Crippen LogP contribution in [0, 0.1) is 0 Å². The summed E-state index contributed by atoms with van der Waals surface area (Å²) in [5.74, 6) is -0.00540. The smallest absolute Gasteiger partial charge is 0.166 e. The summed E-state index contributed by atoms with van der Waals surface area (Å²) >= 11 is 5.71. The largest absolute Gasteiger partial charge is 0.388 e. The Kier molecular flexibility index (Phi) is 1.67. The van der Waals surface area contributed by atoms with Crippen molar-refractivity contribution in [3.63, 3.8) is 0 Å². The van der Waals surface area contributed by atoms with Gasteiger partial charge in [0.25, 0.3) is 0 Å². The maximum Gasteiger partial charge on any atom is 0.166 e. The van der Waals surface area contributed by atoms with Crippen molar-refractivity contribution in [1.82, 2.24) is 0 Å². The van der Waals surface area contributed by atoms with Crippen LogP contribution in [-0.2, 0) is 0 Å². The molecule has 0 bridgehead atoms. The molecule has 2 nitrogen and oxygen atoms in total. The summed E-state index contributed by atoms with van der Waals surface area (Å²) in [5, 5.41) is 9.95. The number of carbonyl (C=O) groups is 1. The van der Waals surface area contributed by atoms with E-state index in [9.17, 15) is 9.90 Å². The van der Waals surface area contributed by atoms with Gasteiger partial charge in [-0.1, -0.05) is 11.6 Å². The number of hydrogen-bond acceptors (Lipinski definition) is 2. The summed E-state index contributed by atoms with van der Waals surface area (Å²) in [6.45, 7) is 0. The summed E-state index contributed by atoms with van der Waals surface area (Å²) < 4.78 is 0. The summed E-state index contributed by atoms with van der Waals surface area (Å²) in [6.07, 6.45) is -0.471. The average Bonchev–Trinajstić information content (AvgIpc) is 2.28. The maximum atomic E-state index is 11.2. The highest BCUT2D eigenvalue weighted by Gasteiger charge is 2.27. The molecule has 0 saturated carbocycles. The zero-order valence-corrected chi connectivity index (χ0v) is 7.01. The highest BCUT2D eigenvalue weighted by molar-refractivity contribution is 6.30. The van der Waals surface area contributed by atoms with E-state index in [0.29, 0.717) is 16.1 Å². The van der Waals surface area contributed by atoms with Crippen LogP contribution in [0.3, 0.4) is 0 Å². The van der Waals surface area contributed by atoms with Crippen molar-refractivity contribution in [1.29, 1.82) is 0 Å². The molecule has 0 fully saturated rings. The number of carbonyl (C=O) groups excluding carboxylic acids is 1. The van der Waals surface area contributed by atoms with Crippen LogP contribution in [0.4, 0.5) is 0 Å². The van der Waals surface area contributed by atoms with Crippen LogP contribution in [0.5, 0.6) is 0 Å². The molecule has 1 aromatic rings. The first-order chi connectivity index (χ1) is 5.68. The van der Waals surface area contributed by atoms with Crippen LogP contribution >= 0.6 is 11.6 Å². The number of hydrogen-bond donors (Lipinski definition) is 1. The monoisotopic (exact) mass is 182 g/mol. The van der Waals surface area contributed by atoms with Crippen molar-refractivity contribution in [2.24, 2.45) is 0 Å². The molecule has 1 aromatic carbocycles. The van der Waals surface area contributed by atoms with Crippen molar-refractivity contribution in [3.8, 4) is 0 Å². The number of halogens is 1. The van der Waals surface area contributed by atoms with Crippen molar-refractivity contribution in [3.05, 3.63) is 34.3 Å². The fraction of sp³-hybridized carbons (Fsp3) is 0.222. The van der Waals surface area contributed by atoms with Gasteiger partial charge >= 0.3 is 0 Å². The topological polar surface area (TPSA) is 37.3 Å². The number of benzene rings is 1. The van der Waals surface area contributed by atoms with Gasteiger partial charge in [0.15, 0.2) is 5.78 Å². The standard InChI is InChI=1S/C9H7ClO2/c10-5-1-2-6-7(3-5)9(12)4-8(6)11/h1-3,9,12H,4H2. The number of Topliss-reactive ketones (excluding diaryl/α,β-unsaturated/α-hetero) is 1. The third-order valence-corrected chi connectivity index (χ3v) is 2.29. The number of rotatable bonds is 0. The Morgan fingerprint density at radius 1 is 1.50 bits per heavy atom. The molecule has 62 valence electrons. The summed E-state index contributed by atoms with van der Waals surface area (Å²) in [6, 6.07) is 4.97. The van der Waals surface area contributed by atoms with Gasteiger partial charge in [0.2, 0.25) is 0 Å². The van der Waals surface area contributed by atoms with Gasteiger partial charge in [-0.05, 0) is 23.8 Å². The van der Waals surface area contributed by atoms with E-state index in [0.717, 1.165) is 0 Å². The number of aliphatic hydroxyl groups is 1. The van der Waals surface area contributed by atoms with E-state index in [1.807, 2.05) is 0 Å². The molecule has 12 heavy (non-hydrogen) atoms. The van der Waals surface area contributed by atoms with E-state index in [4.69, 9.17) is 11.6 Å². The Hall–Kier alpha value is -0.860. The molecule has 3 heteroatoms. The number of fused-ring (bicyclic) bond motifs is 1. The van der Waals surface area contributed by atoms with Gasteiger partial charge in [-0.3, -0.25) is 4.79 Å². The van der Waals surface area contributed by atoms with Crippen LogP contribution in [0.1, 0.15) is 28.4 Å². The van der Waals surface area contributed by atoms with Crippen LogP contribution in [-0.4, -0.2) is 10.9 Å². The number of aliphatic hydroxyl groups excluding tert-OH is 1. The fourth-order valence-corrected chi connectivity index (χ4v) is 1.64. The predicted molar refractivity (Wildman–Crippen MR) is 45.4 cm³/mol. The zero-order chi connectivity index (χ0) is 8.72. The first-order valence-corrected chi connectivity index (χ1v) is 4.07. The van der Waals surface area contributed by atoms with Crippen molar-refractivity contribution >= 4 is 17.4 Å². The van der Waals surface area contributed by atoms with Crippen LogP contribution < -0.4 is 0 Å². The minimum Gasteiger partial charge on any atom is -0.388 e. The average molecular weight is 183 g/mol. The minimum absolute atomic E-state index is 0.00540. The second kappa shape index (κ2) is 2.57. The lowest BCUT2D eigenvalue weighted by atomic mass is 10.1. The molecule has 0 spiro atoms. The van der Waals surface area contributed by atoms with Gasteiger partial charge < -0.3 is 5.11 Å². The molecule has 0 heterocycles. The molecule has 1 N–H and O–H groups in total. The SMILES string of the molecule is O=C1CC(O)c2cc(Cl)ccc21. The minimum atomic E-state index is -0.661. The van der Waals surface area contributed by atoms with Crippen molar-refractivity contribution in [2.75, 3.05) is 0 Å². The van der Waals surface area contributed by atoms with Crippen molar-refractivity contribution < 1.29 is 9.90 Å². The summed E-state index contributed by atoms with van der Waals surface area (Å²) in [4.78, 5) is 11.2. The molecular weight excluding hydrogens is 176 g/mol. The molecule has 1 atom stereocenters. The Labute approximate surface area is 74.8 Å². The highest BCUT2D eigenvalue weighted by atomic mass is 35.5. The molecule has 0 aromatic heterocycles. The van der Waals surface area contributed by atoms with E-state index in [-0.39, 0.29) is 12.2 Å². The van der Waals surface area contributed by atoms with Crippen LogP contribution in [0.25, 0.3) is 0 Å². The van der Waals surface area contributed by atoms with E-state index in [1.165, 1.54) is 0 Å². The highest BCUT2D eigenvalue weighted by Crippen LogP contribution is 2.32. The third-order valence-electron chi connectivity index (χ3n) is 2.05. The lowest BCUT2D eigenvalue weighted by Gasteiger charge is -2.01. The van der Waals surface area contributed by atoms with E-state index in [2.05, 4.69) is 0 Å². The Balaban J connectivity index is 2.60. The van der Waals surface area contributed by atoms with E-state index in [1.54, 1.807) is 18.2 Å². The molecule has 0 aliphatic heterocycles. The van der Waals surface area contributed by atoms with Gasteiger partial charge in [0, 0.05) is 17.0 Å². The lowest BCUT2D eigenvalue weighted by Crippen LogP contribution is -1.90. The van der Waals surface area contributed by atoms with Gasteiger partial charge in [0.1, 0.15) is 0 Å². The normalized spacial score (nSPS) is 21.2. The molecule has 0 saturated heterocycles. The summed E-state index contributed by atoms with van der Waals surface area (Å²) in [7, 11) is 0. The predicted octanol–water partition coefficient (Wildman–Crippen LogP) is 1.96. The van der Waals surface area contributed by atoms with Gasteiger partial charge in [0.05, 0.1) is 6.10 Å². The second-order valence-corrected chi connectivity index (χ2v) is 3.31. The van der Waals surface area contributed by atoms with E-state index < -0.39 is 6.10 Å². The van der Waals surface area contributed by atoms with Gasteiger partial charge in [-0.2, -0.15) is 0 Å². The quantitative estimate of drug-likeness (QED) is 0.666. The Bertz CT molecular complexity index is 346. The molecule has 1 aliphatic carbocycles. The first kappa shape index (κ1) is 7.77. The molecule has 0 amide bonds. The maximum absolute atomic E-state index is 11.2. The van der Waals surface area contributed by atoms with Gasteiger partial charge in [-0.15, -0.1) is 0 Å². The zero-order valence-electron chi connectivity index (χ0n) is 6.25. The fourth-order valence-electron chi connectivity index (χ4n) is 1.46. The van der Waals surface area contributed by atoms with Crippen LogP contribution in [0.2, 0.25) is 5.02 Å². The molecule has 2 rings (SSSR count). The van der Waals surface area contributed by atoms with Crippen molar-refractivity contribution in [2.45, 2.75) is 12.5 Å². The second-order valence-electron chi connectivity index (χ2n) is 2.87. The molecular formula is C9H7ClO2. The molecule has 1 unspecified atom stereocenters.